The Morgan fingerprint density at radius 2 is 2.00 bits per heavy atom. The van der Waals surface area contributed by atoms with Crippen molar-refractivity contribution >= 4 is 22.8 Å². The number of rotatable bonds is 6. The van der Waals surface area contributed by atoms with Crippen LogP contribution in [0.25, 0.3) is 22.6 Å². The third-order valence-electron chi connectivity index (χ3n) is 3.89. The predicted octanol–water partition coefficient (Wildman–Crippen LogP) is 3.17. The number of oxazole rings is 1. The largest absolute Gasteiger partial charge is 0.436 e. The minimum atomic E-state index is -1.01. The number of carbonyl (C=O) groups is 1. The van der Waals surface area contributed by atoms with Gasteiger partial charge in [0.15, 0.2) is 5.58 Å². The molecule has 1 heterocycles. The highest BCUT2D eigenvalue weighted by Gasteiger charge is 2.28. The van der Waals surface area contributed by atoms with E-state index in [1.165, 1.54) is 0 Å². The van der Waals surface area contributed by atoms with Gasteiger partial charge in [0.2, 0.25) is 5.89 Å². The van der Waals surface area contributed by atoms with Crippen LogP contribution in [-0.2, 0) is 20.2 Å². The summed E-state index contributed by atoms with van der Waals surface area (Å²) in [6, 6.07) is 13.0. The molecule has 0 aliphatic rings. The van der Waals surface area contributed by atoms with Crippen molar-refractivity contribution in [1.29, 1.82) is 0 Å². The Labute approximate surface area is 150 Å². The van der Waals surface area contributed by atoms with Crippen LogP contribution in [0.4, 0.5) is 5.69 Å². The van der Waals surface area contributed by atoms with Gasteiger partial charge in [-0.2, -0.15) is 4.89 Å². The number of aromatic nitrogens is 1. The summed E-state index contributed by atoms with van der Waals surface area (Å²) >= 11 is 0. The van der Waals surface area contributed by atoms with E-state index in [9.17, 15) is 4.79 Å². The van der Waals surface area contributed by atoms with E-state index < -0.39 is 11.6 Å². The summed E-state index contributed by atoms with van der Waals surface area (Å²) in [6.45, 7) is 3.12. The van der Waals surface area contributed by atoms with E-state index in [0.717, 1.165) is 5.56 Å². The van der Waals surface area contributed by atoms with E-state index >= 15 is 0 Å². The molecule has 0 spiro atoms. The highest BCUT2D eigenvalue weighted by Crippen LogP contribution is 2.34. The quantitative estimate of drug-likeness (QED) is 0.397. The van der Waals surface area contributed by atoms with Gasteiger partial charge in [0, 0.05) is 16.8 Å². The maximum absolute atomic E-state index is 11.4. The van der Waals surface area contributed by atoms with Crippen LogP contribution in [0.2, 0.25) is 0 Å². The Morgan fingerprint density at radius 3 is 2.69 bits per heavy atom. The van der Waals surface area contributed by atoms with Crippen molar-refractivity contribution in [2.45, 2.75) is 25.9 Å². The van der Waals surface area contributed by atoms with Gasteiger partial charge in [-0.3, -0.25) is 4.89 Å². The standard InChI is InChI=1S/C19H20N2O5/c1-19(2,26-25-17(23)8-9-22)13-10-16-15(11-14(13)20)21-18(24-16)12-6-4-3-5-7-12/h3-7,10-11,22H,8-9,20H2,1-2H3. The van der Waals surface area contributed by atoms with Gasteiger partial charge in [-0.15, -0.1) is 0 Å². The average Bonchev–Trinajstić information content (AvgIpc) is 3.03. The Morgan fingerprint density at radius 1 is 1.27 bits per heavy atom. The second kappa shape index (κ2) is 7.15. The van der Waals surface area contributed by atoms with Crippen LogP contribution in [-0.4, -0.2) is 22.7 Å². The van der Waals surface area contributed by atoms with E-state index in [-0.39, 0.29) is 13.0 Å². The first-order valence-electron chi connectivity index (χ1n) is 8.16. The SMILES string of the molecule is CC(C)(OOC(=O)CCO)c1cc2oc(-c3ccccc3)nc2cc1N. The van der Waals surface area contributed by atoms with Crippen molar-refractivity contribution in [3.63, 3.8) is 0 Å². The molecule has 1 aromatic heterocycles. The average molecular weight is 356 g/mol. The second-order valence-electron chi connectivity index (χ2n) is 6.31. The zero-order valence-corrected chi connectivity index (χ0v) is 14.6. The molecule has 0 unspecified atom stereocenters. The number of aliphatic hydroxyl groups excluding tert-OH is 1. The van der Waals surface area contributed by atoms with Crippen molar-refractivity contribution in [1.82, 2.24) is 4.98 Å². The third-order valence-corrected chi connectivity index (χ3v) is 3.89. The van der Waals surface area contributed by atoms with Gasteiger partial charge in [-0.1, -0.05) is 18.2 Å². The summed E-state index contributed by atoms with van der Waals surface area (Å²) in [6.07, 6.45) is -0.146. The van der Waals surface area contributed by atoms with Crippen molar-refractivity contribution in [2.75, 3.05) is 12.3 Å². The summed E-state index contributed by atoms with van der Waals surface area (Å²) in [7, 11) is 0. The van der Waals surface area contributed by atoms with Crippen LogP contribution >= 0.6 is 0 Å². The van der Waals surface area contributed by atoms with E-state index in [2.05, 4.69) is 4.98 Å². The predicted molar refractivity (Wildman–Crippen MR) is 95.8 cm³/mol. The second-order valence-corrected chi connectivity index (χ2v) is 6.31. The summed E-state index contributed by atoms with van der Waals surface area (Å²) in [5.74, 6) is -0.170. The molecule has 136 valence electrons. The number of fused-ring (bicyclic) bond motifs is 1. The maximum Gasteiger partial charge on any atom is 0.344 e. The molecule has 7 heteroatoms. The Hall–Kier alpha value is -2.90. The lowest BCUT2D eigenvalue weighted by Gasteiger charge is -2.24. The number of aliphatic hydroxyl groups is 1. The molecule has 0 fully saturated rings. The maximum atomic E-state index is 11.4. The van der Waals surface area contributed by atoms with Crippen molar-refractivity contribution in [3.05, 3.63) is 48.0 Å². The smallest absolute Gasteiger partial charge is 0.344 e. The number of hydrogen-bond donors (Lipinski definition) is 2. The van der Waals surface area contributed by atoms with Gasteiger partial charge in [0.05, 0.1) is 13.0 Å². The molecule has 26 heavy (non-hydrogen) atoms. The highest BCUT2D eigenvalue weighted by molar-refractivity contribution is 5.81. The molecule has 0 amide bonds. The zero-order chi connectivity index (χ0) is 18.7. The number of benzene rings is 2. The molecule has 0 bridgehead atoms. The summed E-state index contributed by atoms with van der Waals surface area (Å²) < 4.78 is 5.85. The van der Waals surface area contributed by atoms with Crippen molar-refractivity contribution in [2.24, 2.45) is 0 Å². The topological polar surface area (TPSA) is 108 Å². The number of nitrogen functional groups attached to an aromatic ring is 1. The van der Waals surface area contributed by atoms with Gasteiger partial charge < -0.3 is 15.3 Å². The van der Waals surface area contributed by atoms with Crippen LogP contribution in [0.15, 0.2) is 46.9 Å². The minimum Gasteiger partial charge on any atom is -0.436 e. The Bertz CT molecular complexity index is 918. The molecule has 7 nitrogen and oxygen atoms in total. The fourth-order valence-corrected chi connectivity index (χ4v) is 2.54. The fourth-order valence-electron chi connectivity index (χ4n) is 2.54. The van der Waals surface area contributed by atoms with Crippen molar-refractivity contribution in [3.8, 4) is 11.5 Å². The Kier molecular flexibility index (Phi) is 4.92. The molecule has 3 N–H and O–H groups in total. The first-order valence-corrected chi connectivity index (χ1v) is 8.16. The fraction of sp³-hybridized carbons (Fsp3) is 0.263. The summed E-state index contributed by atoms with van der Waals surface area (Å²) in [4.78, 5) is 25.9. The lowest BCUT2D eigenvalue weighted by Crippen LogP contribution is -2.25. The molecule has 0 saturated heterocycles. The Balaban J connectivity index is 1.91. The lowest BCUT2D eigenvalue weighted by molar-refractivity contribution is -0.329. The molecule has 3 rings (SSSR count). The number of hydrogen-bond acceptors (Lipinski definition) is 7. The van der Waals surface area contributed by atoms with Crippen LogP contribution < -0.4 is 5.73 Å². The van der Waals surface area contributed by atoms with Crippen LogP contribution in [0.5, 0.6) is 0 Å². The molecular formula is C19H20N2O5. The molecule has 0 aliphatic carbocycles. The van der Waals surface area contributed by atoms with Crippen LogP contribution in [0, 0.1) is 0 Å². The van der Waals surface area contributed by atoms with Gasteiger partial charge >= 0.3 is 5.97 Å². The monoisotopic (exact) mass is 356 g/mol. The first kappa shape index (κ1) is 17.9. The number of anilines is 1. The molecule has 0 saturated carbocycles. The summed E-state index contributed by atoms with van der Waals surface area (Å²) in [5, 5.41) is 8.75. The van der Waals surface area contributed by atoms with E-state index in [0.29, 0.717) is 28.2 Å². The van der Waals surface area contributed by atoms with Gasteiger partial charge in [0.25, 0.3) is 0 Å². The molecular weight excluding hydrogens is 336 g/mol. The molecule has 3 aromatic rings. The third kappa shape index (κ3) is 3.68. The lowest BCUT2D eigenvalue weighted by atomic mass is 9.96. The van der Waals surface area contributed by atoms with Gasteiger partial charge in [0.1, 0.15) is 11.1 Å². The molecule has 0 atom stereocenters. The first-order chi connectivity index (χ1) is 12.4. The minimum absolute atomic E-state index is 0.146. The number of carbonyl (C=O) groups excluding carboxylic acids is 1. The number of nitrogens with zero attached hydrogens (tertiary/aromatic N) is 1. The zero-order valence-electron chi connectivity index (χ0n) is 14.6. The molecule has 0 radical (unpaired) electrons. The van der Waals surface area contributed by atoms with Gasteiger partial charge in [-0.05, 0) is 38.1 Å². The van der Waals surface area contributed by atoms with Crippen LogP contribution in [0.3, 0.4) is 0 Å². The normalized spacial score (nSPS) is 11.7. The van der Waals surface area contributed by atoms with Crippen molar-refractivity contribution < 1.29 is 24.1 Å². The van der Waals surface area contributed by atoms with Gasteiger partial charge in [-0.25, -0.2) is 9.78 Å². The van der Waals surface area contributed by atoms with E-state index in [4.69, 9.17) is 25.0 Å². The number of nitrogens with two attached hydrogens (primary N) is 1. The van der Waals surface area contributed by atoms with E-state index in [1.807, 2.05) is 30.3 Å². The summed E-state index contributed by atoms with van der Waals surface area (Å²) in [5.41, 5.74) is 8.20. The molecule has 2 aromatic carbocycles. The highest BCUT2D eigenvalue weighted by atomic mass is 17.2. The van der Waals surface area contributed by atoms with Crippen LogP contribution in [0.1, 0.15) is 25.8 Å². The van der Waals surface area contributed by atoms with E-state index in [1.54, 1.807) is 26.0 Å². The molecule has 0 aliphatic heterocycles.